The van der Waals surface area contributed by atoms with E-state index < -0.39 is 0 Å². The molecule has 1 amide bonds. The van der Waals surface area contributed by atoms with Gasteiger partial charge < -0.3 is 15.5 Å². The first kappa shape index (κ1) is 16.5. The van der Waals surface area contributed by atoms with Gasteiger partial charge in [-0.1, -0.05) is 6.08 Å². The zero-order chi connectivity index (χ0) is 14.8. The summed E-state index contributed by atoms with van der Waals surface area (Å²) in [5.74, 6) is 0.965. The molecule has 1 rings (SSSR count). The average Bonchev–Trinajstić information content (AvgIpc) is 2.45. The number of carbonyl (C=O) groups is 1. The van der Waals surface area contributed by atoms with Crippen LogP contribution >= 0.6 is 0 Å². The number of guanidine groups is 1. The van der Waals surface area contributed by atoms with E-state index in [1.807, 2.05) is 11.8 Å². The standard InChI is InChI=1S/C15H28N4O/c1-4-10-17-15(16-5-2)18-11-9-14(20)19-12-7-6-8-13(19)3/h4,13H,1,5-12H2,2-3H3,(H2,16,17,18). The van der Waals surface area contributed by atoms with E-state index in [0.29, 0.717) is 25.6 Å². The van der Waals surface area contributed by atoms with Crippen molar-refractivity contribution >= 4 is 11.9 Å². The number of carbonyl (C=O) groups excluding carboxylic acids is 1. The first-order valence-corrected chi connectivity index (χ1v) is 7.61. The number of amides is 1. The number of piperidine rings is 1. The first-order valence-electron chi connectivity index (χ1n) is 7.61. The Hall–Kier alpha value is -1.52. The summed E-state index contributed by atoms with van der Waals surface area (Å²) in [6, 6.07) is 0.382. The number of hydrogen-bond acceptors (Lipinski definition) is 2. The SMILES string of the molecule is C=CCNC(=NCCC(=O)N1CCCCC1C)NCC. The van der Waals surface area contributed by atoms with E-state index in [1.54, 1.807) is 6.08 Å². The van der Waals surface area contributed by atoms with Gasteiger partial charge in [0.1, 0.15) is 0 Å². The molecule has 2 N–H and O–H groups in total. The van der Waals surface area contributed by atoms with Gasteiger partial charge in [0.05, 0.1) is 6.54 Å². The molecule has 0 aliphatic carbocycles. The third-order valence-corrected chi connectivity index (χ3v) is 3.48. The predicted octanol–water partition coefficient (Wildman–Crippen LogP) is 1.52. The molecule has 0 radical (unpaired) electrons. The maximum atomic E-state index is 12.2. The molecule has 0 aromatic rings. The van der Waals surface area contributed by atoms with Crippen molar-refractivity contribution in [3.63, 3.8) is 0 Å². The predicted molar refractivity (Wildman–Crippen MR) is 83.8 cm³/mol. The van der Waals surface area contributed by atoms with Crippen LogP contribution in [0.2, 0.25) is 0 Å². The summed E-state index contributed by atoms with van der Waals surface area (Å²) in [4.78, 5) is 18.6. The summed E-state index contributed by atoms with van der Waals surface area (Å²) in [6.07, 6.45) is 5.75. The zero-order valence-corrected chi connectivity index (χ0v) is 12.8. The lowest BCUT2D eigenvalue weighted by atomic mass is 10.0. The second-order valence-corrected chi connectivity index (χ2v) is 5.11. The molecule has 0 bridgehead atoms. The highest BCUT2D eigenvalue weighted by atomic mass is 16.2. The highest BCUT2D eigenvalue weighted by Crippen LogP contribution is 2.17. The summed E-state index contributed by atoms with van der Waals surface area (Å²) in [5.41, 5.74) is 0. The number of rotatable bonds is 6. The van der Waals surface area contributed by atoms with Crippen molar-refractivity contribution in [2.45, 2.75) is 45.6 Å². The number of nitrogens with zero attached hydrogens (tertiary/aromatic N) is 2. The van der Waals surface area contributed by atoms with Crippen LogP contribution in [0.1, 0.15) is 39.5 Å². The monoisotopic (exact) mass is 280 g/mol. The molecule has 20 heavy (non-hydrogen) atoms. The van der Waals surface area contributed by atoms with Crippen molar-refractivity contribution < 1.29 is 4.79 Å². The van der Waals surface area contributed by atoms with Crippen molar-refractivity contribution in [1.29, 1.82) is 0 Å². The molecule has 1 fully saturated rings. The number of hydrogen-bond donors (Lipinski definition) is 2. The van der Waals surface area contributed by atoms with Crippen LogP contribution < -0.4 is 10.6 Å². The summed E-state index contributed by atoms with van der Waals surface area (Å²) in [5, 5.41) is 6.27. The third kappa shape index (κ3) is 5.63. The van der Waals surface area contributed by atoms with Crippen molar-refractivity contribution in [2.24, 2.45) is 4.99 Å². The first-order chi connectivity index (χ1) is 9.69. The smallest absolute Gasteiger partial charge is 0.224 e. The van der Waals surface area contributed by atoms with Crippen LogP contribution in [0, 0.1) is 0 Å². The number of nitrogens with one attached hydrogen (secondary N) is 2. The third-order valence-electron chi connectivity index (χ3n) is 3.48. The van der Waals surface area contributed by atoms with Crippen LogP contribution in [0.4, 0.5) is 0 Å². The van der Waals surface area contributed by atoms with Gasteiger partial charge >= 0.3 is 0 Å². The fourth-order valence-electron chi connectivity index (χ4n) is 2.39. The number of likely N-dealkylation sites (tertiary alicyclic amines) is 1. The maximum absolute atomic E-state index is 12.2. The molecule has 0 aromatic carbocycles. The van der Waals surface area contributed by atoms with Gasteiger partial charge in [-0.15, -0.1) is 6.58 Å². The molecule has 1 unspecified atom stereocenters. The second kappa shape index (κ2) is 9.39. The average molecular weight is 280 g/mol. The van der Waals surface area contributed by atoms with Crippen molar-refractivity contribution in [3.05, 3.63) is 12.7 Å². The maximum Gasteiger partial charge on any atom is 0.224 e. The molecule has 5 nitrogen and oxygen atoms in total. The van der Waals surface area contributed by atoms with E-state index in [9.17, 15) is 4.79 Å². The minimum atomic E-state index is 0.223. The van der Waals surface area contributed by atoms with Gasteiger partial charge in [-0.25, -0.2) is 0 Å². The fraction of sp³-hybridized carbons (Fsp3) is 0.733. The molecule has 0 aromatic heterocycles. The minimum absolute atomic E-state index is 0.223. The zero-order valence-electron chi connectivity index (χ0n) is 12.8. The van der Waals surface area contributed by atoms with Crippen LogP contribution in [-0.2, 0) is 4.79 Å². The Kier molecular flexibility index (Phi) is 7.77. The molecule has 114 valence electrons. The molecule has 0 saturated carbocycles. The quantitative estimate of drug-likeness (QED) is 0.440. The van der Waals surface area contributed by atoms with Crippen LogP contribution in [0.25, 0.3) is 0 Å². The van der Waals surface area contributed by atoms with Crippen molar-refractivity contribution in [2.75, 3.05) is 26.2 Å². The lowest BCUT2D eigenvalue weighted by Crippen LogP contribution is -2.42. The van der Waals surface area contributed by atoms with Gasteiger partial charge in [0, 0.05) is 32.1 Å². The van der Waals surface area contributed by atoms with E-state index >= 15 is 0 Å². The molecular weight excluding hydrogens is 252 g/mol. The van der Waals surface area contributed by atoms with Crippen LogP contribution in [0.5, 0.6) is 0 Å². The molecule has 1 atom stereocenters. The molecule has 1 heterocycles. The normalized spacial score (nSPS) is 19.6. The summed E-state index contributed by atoms with van der Waals surface area (Å²) >= 11 is 0. The van der Waals surface area contributed by atoms with Gasteiger partial charge in [-0.2, -0.15) is 0 Å². The molecule has 1 aliphatic heterocycles. The van der Waals surface area contributed by atoms with Crippen LogP contribution in [0.3, 0.4) is 0 Å². The summed E-state index contributed by atoms with van der Waals surface area (Å²) in [6.45, 7) is 10.7. The van der Waals surface area contributed by atoms with E-state index in [-0.39, 0.29) is 5.91 Å². The van der Waals surface area contributed by atoms with Crippen LogP contribution in [-0.4, -0.2) is 49.0 Å². The fourth-order valence-corrected chi connectivity index (χ4v) is 2.39. The lowest BCUT2D eigenvalue weighted by molar-refractivity contribution is -0.134. The summed E-state index contributed by atoms with van der Waals surface area (Å²) < 4.78 is 0. The van der Waals surface area contributed by atoms with E-state index in [1.165, 1.54) is 6.42 Å². The highest BCUT2D eigenvalue weighted by molar-refractivity contribution is 5.81. The molecule has 1 aliphatic rings. The molecule has 1 saturated heterocycles. The van der Waals surface area contributed by atoms with Gasteiger partial charge in [-0.3, -0.25) is 9.79 Å². The van der Waals surface area contributed by atoms with Gasteiger partial charge in [0.2, 0.25) is 5.91 Å². The largest absolute Gasteiger partial charge is 0.357 e. The Labute approximate surface area is 122 Å². The Bertz CT molecular complexity index is 341. The van der Waals surface area contributed by atoms with Crippen molar-refractivity contribution in [3.8, 4) is 0 Å². The topological polar surface area (TPSA) is 56.7 Å². The Morgan fingerprint density at radius 2 is 2.25 bits per heavy atom. The lowest BCUT2D eigenvalue weighted by Gasteiger charge is -2.33. The van der Waals surface area contributed by atoms with E-state index in [2.05, 4.69) is 29.1 Å². The number of aliphatic imine (C=N–C) groups is 1. The Morgan fingerprint density at radius 1 is 1.45 bits per heavy atom. The molecule has 5 heteroatoms. The van der Waals surface area contributed by atoms with Crippen LogP contribution in [0.15, 0.2) is 17.6 Å². The Balaban J connectivity index is 2.39. The summed E-state index contributed by atoms with van der Waals surface area (Å²) in [7, 11) is 0. The van der Waals surface area contributed by atoms with Gasteiger partial charge in [0.15, 0.2) is 5.96 Å². The molecular formula is C15H28N4O. The van der Waals surface area contributed by atoms with E-state index in [4.69, 9.17) is 0 Å². The van der Waals surface area contributed by atoms with Gasteiger partial charge in [-0.05, 0) is 33.1 Å². The minimum Gasteiger partial charge on any atom is -0.357 e. The Morgan fingerprint density at radius 3 is 2.90 bits per heavy atom. The van der Waals surface area contributed by atoms with Crippen molar-refractivity contribution in [1.82, 2.24) is 15.5 Å². The highest BCUT2D eigenvalue weighted by Gasteiger charge is 2.22. The van der Waals surface area contributed by atoms with E-state index in [0.717, 1.165) is 31.9 Å². The second-order valence-electron chi connectivity index (χ2n) is 5.11. The molecule has 0 spiro atoms. The van der Waals surface area contributed by atoms with Gasteiger partial charge in [0.25, 0.3) is 0 Å².